The van der Waals surface area contributed by atoms with Crippen LogP contribution in [0.2, 0.25) is 0 Å². The second-order valence-electron chi connectivity index (χ2n) is 7.12. The van der Waals surface area contributed by atoms with Gasteiger partial charge in [0.25, 0.3) is 5.91 Å². The summed E-state index contributed by atoms with van der Waals surface area (Å²) >= 11 is 0. The van der Waals surface area contributed by atoms with Gasteiger partial charge in [-0.05, 0) is 39.3 Å². The Balaban J connectivity index is 1.53. The van der Waals surface area contributed by atoms with Crippen molar-refractivity contribution < 1.29 is 9.59 Å². The van der Waals surface area contributed by atoms with Crippen molar-refractivity contribution >= 4 is 17.5 Å². The topological polar surface area (TPSA) is 52.7 Å². The van der Waals surface area contributed by atoms with E-state index in [2.05, 4.69) is 30.6 Å². The number of fused-ring (bicyclic) bond motifs is 1. The molecule has 0 radical (unpaired) electrons. The van der Waals surface area contributed by atoms with E-state index in [4.69, 9.17) is 0 Å². The Bertz CT molecular complexity index is 650. The lowest BCUT2D eigenvalue weighted by molar-refractivity contribution is -0.121. The van der Waals surface area contributed by atoms with Crippen molar-refractivity contribution in [2.45, 2.75) is 45.2 Å². The van der Waals surface area contributed by atoms with Crippen LogP contribution in [0, 0.1) is 0 Å². The molecule has 0 aromatic heterocycles. The molecule has 2 aliphatic heterocycles. The zero-order chi connectivity index (χ0) is 18.0. The summed E-state index contributed by atoms with van der Waals surface area (Å²) in [5.74, 6) is -0.285. The minimum absolute atomic E-state index is 0.0224. The maximum absolute atomic E-state index is 12.4. The number of carbonyl (C=O) groups is 2. The molecule has 1 aromatic rings. The first-order valence-electron chi connectivity index (χ1n) is 9.11. The Kier molecular flexibility index (Phi) is 5.23. The molecule has 5 nitrogen and oxygen atoms in total. The summed E-state index contributed by atoms with van der Waals surface area (Å²) in [6, 6.07) is 8.22. The molecule has 3 rings (SSSR count). The molecule has 2 aliphatic rings. The number of likely N-dealkylation sites (tertiary alicyclic amines) is 1. The number of nitrogens with one attached hydrogen (secondary N) is 1. The number of rotatable bonds is 5. The molecule has 1 aromatic carbocycles. The van der Waals surface area contributed by atoms with E-state index in [9.17, 15) is 9.59 Å². The molecule has 0 bridgehead atoms. The second-order valence-corrected chi connectivity index (χ2v) is 7.12. The Hall–Kier alpha value is -2.14. The van der Waals surface area contributed by atoms with Gasteiger partial charge in [-0.3, -0.25) is 19.4 Å². The van der Waals surface area contributed by atoms with Crippen LogP contribution in [-0.2, 0) is 4.79 Å². The minimum Gasteiger partial charge on any atom is -0.353 e. The first-order valence-corrected chi connectivity index (χ1v) is 9.11. The van der Waals surface area contributed by atoms with E-state index in [-0.39, 0.29) is 18.4 Å². The van der Waals surface area contributed by atoms with Crippen molar-refractivity contribution in [3.8, 4) is 0 Å². The van der Waals surface area contributed by atoms with Gasteiger partial charge < -0.3 is 5.32 Å². The predicted octanol–water partition coefficient (Wildman–Crippen LogP) is 2.49. The van der Waals surface area contributed by atoms with Gasteiger partial charge in [0.05, 0.1) is 0 Å². The summed E-state index contributed by atoms with van der Waals surface area (Å²) < 4.78 is 0. The van der Waals surface area contributed by atoms with Crippen molar-refractivity contribution in [2.75, 3.05) is 19.6 Å². The Morgan fingerprint density at radius 2 is 2.04 bits per heavy atom. The molecular formula is C20H27N3O2. The molecule has 2 amide bonds. The van der Waals surface area contributed by atoms with Crippen molar-refractivity contribution in [3.63, 3.8) is 0 Å². The van der Waals surface area contributed by atoms with Crippen LogP contribution >= 0.6 is 0 Å². The molecular weight excluding hydrogens is 314 g/mol. The third-order valence-electron chi connectivity index (χ3n) is 5.36. The number of hydrogen-bond donors (Lipinski definition) is 1. The molecule has 1 fully saturated rings. The Morgan fingerprint density at radius 1 is 1.32 bits per heavy atom. The molecule has 5 heteroatoms. The summed E-state index contributed by atoms with van der Waals surface area (Å²) in [6.45, 7) is 10.1. The van der Waals surface area contributed by atoms with E-state index in [1.165, 1.54) is 24.2 Å². The fraction of sp³-hybridized carbons (Fsp3) is 0.500. The normalized spacial score (nSPS) is 22.0. The lowest BCUT2D eigenvalue weighted by Gasteiger charge is -2.38. The summed E-state index contributed by atoms with van der Waals surface area (Å²) in [4.78, 5) is 28.7. The standard InChI is InChI=1S/C20H27N3O2/c1-14-8-6-7-11-22(14)15(2)12-21-19(24)13-23-16(3)17-9-4-5-10-18(17)20(23)25/h4-5,9-10,14-15H,3,6-8,11-13H2,1-2H3,(H,21,24). The quantitative estimate of drug-likeness (QED) is 0.895. The number of benzene rings is 1. The zero-order valence-corrected chi connectivity index (χ0v) is 15.1. The lowest BCUT2D eigenvalue weighted by atomic mass is 10.0. The number of piperidine rings is 1. The van der Waals surface area contributed by atoms with Crippen LogP contribution in [0.25, 0.3) is 5.70 Å². The summed E-state index contributed by atoms with van der Waals surface area (Å²) in [5.41, 5.74) is 2.04. The van der Waals surface area contributed by atoms with Crippen LogP contribution in [0.4, 0.5) is 0 Å². The van der Waals surface area contributed by atoms with Crippen molar-refractivity contribution in [2.24, 2.45) is 0 Å². The molecule has 1 N–H and O–H groups in total. The van der Waals surface area contributed by atoms with Crippen LogP contribution in [0.15, 0.2) is 30.8 Å². The smallest absolute Gasteiger partial charge is 0.259 e. The largest absolute Gasteiger partial charge is 0.353 e. The zero-order valence-electron chi connectivity index (χ0n) is 15.1. The molecule has 2 heterocycles. The summed E-state index contributed by atoms with van der Waals surface area (Å²) in [6.07, 6.45) is 3.73. The fourth-order valence-corrected chi connectivity index (χ4v) is 3.86. The summed E-state index contributed by atoms with van der Waals surface area (Å²) in [5, 5.41) is 2.98. The minimum atomic E-state index is -0.145. The van der Waals surface area contributed by atoms with Gasteiger partial charge >= 0.3 is 0 Å². The van der Waals surface area contributed by atoms with Crippen molar-refractivity contribution in [3.05, 3.63) is 42.0 Å². The molecule has 0 aliphatic carbocycles. The number of amides is 2. The van der Waals surface area contributed by atoms with Crippen molar-refractivity contribution in [1.29, 1.82) is 0 Å². The van der Waals surface area contributed by atoms with E-state index in [1.54, 1.807) is 6.07 Å². The molecule has 1 saturated heterocycles. The monoisotopic (exact) mass is 341 g/mol. The van der Waals surface area contributed by atoms with Crippen LogP contribution in [0.5, 0.6) is 0 Å². The van der Waals surface area contributed by atoms with Crippen LogP contribution in [0.3, 0.4) is 0 Å². The molecule has 134 valence electrons. The van der Waals surface area contributed by atoms with Gasteiger partial charge in [-0.2, -0.15) is 0 Å². The molecule has 2 unspecified atom stereocenters. The average molecular weight is 341 g/mol. The fourth-order valence-electron chi connectivity index (χ4n) is 3.86. The average Bonchev–Trinajstić information content (AvgIpc) is 2.85. The first kappa shape index (κ1) is 17.7. The number of hydrogen-bond acceptors (Lipinski definition) is 3. The highest BCUT2D eigenvalue weighted by atomic mass is 16.2. The van der Waals surface area contributed by atoms with Crippen LogP contribution < -0.4 is 5.32 Å². The first-order chi connectivity index (χ1) is 12.0. The molecule has 0 saturated carbocycles. The number of carbonyl (C=O) groups excluding carboxylic acids is 2. The van der Waals surface area contributed by atoms with Crippen LogP contribution in [0.1, 0.15) is 49.0 Å². The Labute approximate surface area is 149 Å². The van der Waals surface area contributed by atoms with E-state index in [1.807, 2.05) is 18.2 Å². The third-order valence-corrected chi connectivity index (χ3v) is 5.36. The van der Waals surface area contributed by atoms with E-state index >= 15 is 0 Å². The molecule has 25 heavy (non-hydrogen) atoms. The van der Waals surface area contributed by atoms with Gasteiger partial charge in [0.15, 0.2) is 0 Å². The molecule has 2 atom stereocenters. The SMILES string of the molecule is C=C1c2ccccc2C(=O)N1CC(=O)NCC(C)N1CCCCC1C. The van der Waals surface area contributed by atoms with E-state index < -0.39 is 0 Å². The summed E-state index contributed by atoms with van der Waals surface area (Å²) in [7, 11) is 0. The van der Waals surface area contributed by atoms with Gasteiger partial charge in [-0.25, -0.2) is 0 Å². The van der Waals surface area contributed by atoms with Crippen LogP contribution in [-0.4, -0.2) is 53.3 Å². The highest BCUT2D eigenvalue weighted by Crippen LogP contribution is 2.30. The maximum Gasteiger partial charge on any atom is 0.259 e. The van der Waals surface area contributed by atoms with Gasteiger partial charge in [0, 0.05) is 35.5 Å². The van der Waals surface area contributed by atoms with Gasteiger partial charge in [0.1, 0.15) is 6.54 Å². The Morgan fingerprint density at radius 3 is 2.72 bits per heavy atom. The third kappa shape index (κ3) is 3.61. The van der Waals surface area contributed by atoms with Crippen molar-refractivity contribution in [1.82, 2.24) is 15.1 Å². The van der Waals surface area contributed by atoms with E-state index in [0.29, 0.717) is 29.9 Å². The highest BCUT2D eigenvalue weighted by Gasteiger charge is 2.32. The molecule has 0 spiro atoms. The number of nitrogens with zero attached hydrogens (tertiary/aromatic N) is 2. The maximum atomic E-state index is 12.4. The van der Waals surface area contributed by atoms with Gasteiger partial charge in [-0.15, -0.1) is 0 Å². The highest BCUT2D eigenvalue weighted by molar-refractivity contribution is 6.10. The van der Waals surface area contributed by atoms with Gasteiger partial charge in [0.2, 0.25) is 5.91 Å². The predicted molar refractivity (Wildman–Crippen MR) is 99.0 cm³/mol. The second kappa shape index (κ2) is 7.40. The lowest BCUT2D eigenvalue weighted by Crippen LogP contribution is -2.49. The van der Waals surface area contributed by atoms with Gasteiger partial charge in [-0.1, -0.05) is 31.2 Å². The van der Waals surface area contributed by atoms with E-state index in [0.717, 1.165) is 12.1 Å².